The Morgan fingerprint density at radius 1 is 1.60 bits per heavy atom. The van der Waals surface area contributed by atoms with Crippen LogP contribution >= 0.6 is 11.3 Å². The second-order valence-electron chi connectivity index (χ2n) is 2.09. The summed E-state index contributed by atoms with van der Waals surface area (Å²) < 4.78 is 0. The summed E-state index contributed by atoms with van der Waals surface area (Å²) in [6.07, 6.45) is 4.02. The summed E-state index contributed by atoms with van der Waals surface area (Å²) in [5, 5.41) is 0. The summed E-state index contributed by atoms with van der Waals surface area (Å²) in [6, 6.07) is 4.22. The van der Waals surface area contributed by atoms with E-state index in [1.54, 1.807) is 11.3 Å². The molecule has 54 valence electrons. The molecular weight excluding hydrogens is 142 g/mol. The normalized spacial score (nSPS) is 11.0. The average Bonchev–Trinajstić information content (AvgIpc) is 2.31. The lowest BCUT2D eigenvalue weighted by atomic mass is 10.4. The Hall–Kier alpha value is -0.600. The zero-order chi connectivity index (χ0) is 7.40. The molecule has 1 nitrogen and oxygen atoms in total. The van der Waals surface area contributed by atoms with Crippen molar-refractivity contribution < 1.29 is 0 Å². The largest absolute Gasteiger partial charge is 0.327 e. The molecule has 0 unspecified atom stereocenters. The number of hydrogen-bond acceptors (Lipinski definition) is 2. The number of hydrogen-bond donors (Lipinski definition) is 1. The Balaban J connectivity index is 2.67. The highest BCUT2D eigenvalue weighted by atomic mass is 32.1. The maximum Gasteiger partial charge on any atom is 0.0270 e. The molecule has 1 heterocycles. The average molecular weight is 153 g/mol. The van der Waals surface area contributed by atoms with Crippen LogP contribution in [0.3, 0.4) is 0 Å². The molecule has 0 aliphatic heterocycles. The van der Waals surface area contributed by atoms with Gasteiger partial charge in [-0.1, -0.05) is 6.08 Å². The third-order valence-electron chi connectivity index (χ3n) is 1.18. The monoisotopic (exact) mass is 153 g/mol. The zero-order valence-corrected chi connectivity index (χ0v) is 6.82. The van der Waals surface area contributed by atoms with Crippen LogP contribution in [0.2, 0.25) is 0 Å². The first-order valence-electron chi connectivity index (χ1n) is 3.26. The second kappa shape index (κ2) is 3.54. The summed E-state index contributed by atoms with van der Waals surface area (Å²) in [5.41, 5.74) is 5.30. The highest BCUT2D eigenvalue weighted by Gasteiger charge is 1.88. The summed E-state index contributed by atoms with van der Waals surface area (Å²) >= 11 is 1.79. The van der Waals surface area contributed by atoms with Gasteiger partial charge in [0.25, 0.3) is 0 Å². The number of nitrogens with two attached hydrogens (primary N) is 1. The lowest BCUT2D eigenvalue weighted by molar-refractivity contribution is 1.26. The van der Waals surface area contributed by atoms with E-state index in [4.69, 9.17) is 5.73 Å². The molecule has 1 rings (SSSR count). The first kappa shape index (κ1) is 7.51. The number of aryl methyl sites for hydroxylation is 1. The van der Waals surface area contributed by atoms with Gasteiger partial charge in [-0.05, 0) is 25.1 Å². The number of rotatable bonds is 2. The minimum atomic E-state index is 0.622. The van der Waals surface area contributed by atoms with E-state index in [-0.39, 0.29) is 0 Å². The molecule has 0 fully saturated rings. The van der Waals surface area contributed by atoms with Crippen molar-refractivity contribution in [2.45, 2.75) is 6.92 Å². The molecule has 2 heteroatoms. The van der Waals surface area contributed by atoms with Gasteiger partial charge < -0.3 is 5.73 Å². The van der Waals surface area contributed by atoms with Gasteiger partial charge in [-0.15, -0.1) is 11.3 Å². The first-order chi connectivity index (χ1) is 4.83. The molecule has 10 heavy (non-hydrogen) atoms. The van der Waals surface area contributed by atoms with Crippen molar-refractivity contribution in [3.8, 4) is 0 Å². The molecule has 0 aliphatic rings. The quantitative estimate of drug-likeness (QED) is 0.691. The molecule has 0 spiro atoms. The van der Waals surface area contributed by atoms with Gasteiger partial charge in [0.05, 0.1) is 0 Å². The van der Waals surface area contributed by atoms with Crippen LogP contribution in [0.25, 0.3) is 6.08 Å². The van der Waals surface area contributed by atoms with Crippen molar-refractivity contribution >= 4 is 17.4 Å². The fourth-order valence-corrected chi connectivity index (χ4v) is 1.54. The smallest absolute Gasteiger partial charge is 0.0270 e. The predicted octanol–water partition coefficient (Wildman–Crippen LogP) is 2.03. The molecular formula is C8H11NS. The van der Waals surface area contributed by atoms with Crippen LogP contribution in [0.1, 0.15) is 9.75 Å². The molecule has 0 saturated carbocycles. The fourth-order valence-electron chi connectivity index (χ4n) is 0.727. The lowest BCUT2D eigenvalue weighted by Gasteiger charge is -1.80. The summed E-state index contributed by atoms with van der Waals surface area (Å²) in [5.74, 6) is 0. The maximum atomic E-state index is 5.30. The van der Waals surface area contributed by atoms with E-state index in [9.17, 15) is 0 Å². The predicted molar refractivity (Wildman–Crippen MR) is 47.1 cm³/mol. The van der Waals surface area contributed by atoms with Crippen LogP contribution in [-0.4, -0.2) is 6.54 Å². The van der Waals surface area contributed by atoms with E-state index < -0.39 is 0 Å². The molecule has 0 radical (unpaired) electrons. The minimum absolute atomic E-state index is 0.622. The van der Waals surface area contributed by atoms with Crippen LogP contribution in [0, 0.1) is 6.92 Å². The van der Waals surface area contributed by atoms with Crippen LogP contribution < -0.4 is 5.73 Å². The summed E-state index contributed by atoms with van der Waals surface area (Å²) in [7, 11) is 0. The minimum Gasteiger partial charge on any atom is -0.327 e. The van der Waals surface area contributed by atoms with Gasteiger partial charge in [-0.25, -0.2) is 0 Å². The van der Waals surface area contributed by atoms with Crippen molar-refractivity contribution in [3.05, 3.63) is 28.0 Å². The van der Waals surface area contributed by atoms with Crippen LogP contribution in [-0.2, 0) is 0 Å². The van der Waals surface area contributed by atoms with E-state index in [1.165, 1.54) is 9.75 Å². The van der Waals surface area contributed by atoms with Gasteiger partial charge in [-0.2, -0.15) is 0 Å². The Morgan fingerprint density at radius 3 is 2.90 bits per heavy atom. The third-order valence-corrected chi connectivity index (χ3v) is 2.15. The standard InChI is InChI=1S/C8H11NS/c1-7-4-5-8(10-7)3-2-6-9/h2-5H,6,9H2,1H3. The SMILES string of the molecule is Cc1ccc(C=CCN)s1. The van der Waals surface area contributed by atoms with Crippen molar-refractivity contribution in [3.63, 3.8) is 0 Å². The lowest BCUT2D eigenvalue weighted by Crippen LogP contribution is -1.91. The van der Waals surface area contributed by atoms with Gasteiger partial charge >= 0.3 is 0 Å². The van der Waals surface area contributed by atoms with E-state index in [2.05, 4.69) is 25.1 Å². The van der Waals surface area contributed by atoms with Gasteiger partial charge in [0.2, 0.25) is 0 Å². The summed E-state index contributed by atoms with van der Waals surface area (Å²) in [6.45, 7) is 2.72. The van der Waals surface area contributed by atoms with E-state index in [0.717, 1.165) is 0 Å². The Kier molecular flexibility index (Phi) is 2.66. The van der Waals surface area contributed by atoms with E-state index in [0.29, 0.717) is 6.54 Å². The highest BCUT2D eigenvalue weighted by molar-refractivity contribution is 7.12. The van der Waals surface area contributed by atoms with Gasteiger partial charge in [0.15, 0.2) is 0 Å². The van der Waals surface area contributed by atoms with Crippen molar-refractivity contribution in [2.75, 3.05) is 6.54 Å². The molecule has 0 bridgehead atoms. The summed E-state index contributed by atoms with van der Waals surface area (Å²) in [4.78, 5) is 2.62. The second-order valence-corrected chi connectivity index (χ2v) is 3.41. The molecule has 0 saturated heterocycles. The van der Waals surface area contributed by atoms with Crippen molar-refractivity contribution in [1.82, 2.24) is 0 Å². The van der Waals surface area contributed by atoms with E-state index >= 15 is 0 Å². The zero-order valence-electron chi connectivity index (χ0n) is 6.00. The van der Waals surface area contributed by atoms with Crippen molar-refractivity contribution in [1.29, 1.82) is 0 Å². The molecule has 2 N–H and O–H groups in total. The molecule has 0 aliphatic carbocycles. The van der Waals surface area contributed by atoms with Gasteiger partial charge in [0, 0.05) is 16.3 Å². The molecule has 0 amide bonds. The maximum absolute atomic E-state index is 5.30. The van der Waals surface area contributed by atoms with Crippen LogP contribution in [0.15, 0.2) is 18.2 Å². The third kappa shape index (κ3) is 1.97. The first-order valence-corrected chi connectivity index (χ1v) is 4.07. The van der Waals surface area contributed by atoms with Crippen LogP contribution in [0.5, 0.6) is 0 Å². The van der Waals surface area contributed by atoms with E-state index in [1.807, 2.05) is 6.08 Å². The van der Waals surface area contributed by atoms with Crippen LogP contribution in [0.4, 0.5) is 0 Å². The molecule has 1 aromatic rings. The Bertz CT molecular complexity index is 225. The Morgan fingerprint density at radius 2 is 2.40 bits per heavy atom. The topological polar surface area (TPSA) is 26.0 Å². The van der Waals surface area contributed by atoms with Gasteiger partial charge in [0.1, 0.15) is 0 Å². The van der Waals surface area contributed by atoms with Gasteiger partial charge in [-0.3, -0.25) is 0 Å². The molecule has 0 aromatic carbocycles. The molecule has 0 atom stereocenters. The molecule has 1 aromatic heterocycles. The number of thiophene rings is 1. The highest BCUT2D eigenvalue weighted by Crippen LogP contribution is 2.15. The Labute approximate surface area is 65.2 Å². The van der Waals surface area contributed by atoms with Crippen molar-refractivity contribution in [2.24, 2.45) is 5.73 Å². The fraction of sp³-hybridized carbons (Fsp3) is 0.250.